The Morgan fingerprint density at radius 1 is 1.40 bits per heavy atom. The number of rotatable bonds is 8. The molecule has 0 unspecified atom stereocenters. The fraction of sp³-hybridized carbons (Fsp3) is 0.571. The molecular weight excluding hydrogens is 274 g/mol. The first-order valence-electron chi connectivity index (χ1n) is 6.85. The first kappa shape index (κ1) is 15.2. The lowest BCUT2D eigenvalue weighted by molar-refractivity contribution is 0.0759. The third-order valence-electron chi connectivity index (χ3n) is 3.29. The van der Waals surface area contributed by atoms with Crippen molar-refractivity contribution in [3.63, 3.8) is 0 Å². The molecule has 110 valence electrons. The van der Waals surface area contributed by atoms with E-state index in [0.717, 1.165) is 36.3 Å². The van der Waals surface area contributed by atoms with E-state index in [-0.39, 0.29) is 0 Å². The van der Waals surface area contributed by atoms with Crippen LogP contribution in [0.5, 0.6) is 0 Å². The van der Waals surface area contributed by atoms with Gasteiger partial charge >= 0.3 is 0 Å². The van der Waals surface area contributed by atoms with Crippen molar-refractivity contribution in [3.05, 3.63) is 22.9 Å². The number of nitrogens with one attached hydrogen (secondary N) is 1. The maximum atomic E-state index is 5.78. The van der Waals surface area contributed by atoms with Crippen LogP contribution in [0, 0.1) is 0 Å². The first-order chi connectivity index (χ1) is 9.72. The zero-order valence-corrected chi connectivity index (χ0v) is 12.6. The summed E-state index contributed by atoms with van der Waals surface area (Å²) in [6.07, 6.45) is 3.26. The summed E-state index contributed by atoms with van der Waals surface area (Å²) in [6, 6.07) is 2.08. The molecule has 1 aromatic heterocycles. The molecule has 0 bridgehead atoms. The summed E-state index contributed by atoms with van der Waals surface area (Å²) in [7, 11) is 1.66. The highest BCUT2D eigenvalue weighted by atomic mass is 32.1. The Balaban J connectivity index is 1.94. The van der Waals surface area contributed by atoms with Gasteiger partial charge in [0.1, 0.15) is 10.8 Å². The quantitative estimate of drug-likeness (QED) is 0.556. The van der Waals surface area contributed by atoms with Gasteiger partial charge in [0.15, 0.2) is 0 Å². The second kappa shape index (κ2) is 7.52. The predicted octanol–water partition coefficient (Wildman–Crippen LogP) is 1.28. The van der Waals surface area contributed by atoms with E-state index in [1.54, 1.807) is 7.11 Å². The Morgan fingerprint density at radius 3 is 3.00 bits per heavy atom. The van der Waals surface area contributed by atoms with Crippen LogP contribution in [0.3, 0.4) is 0 Å². The first-order valence-corrected chi connectivity index (χ1v) is 7.26. The van der Waals surface area contributed by atoms with Crippen LogP contribution in [0.4, 0.5) is 5.82 Å². The van der Waals surface area contributed by atoms with Crippen LogP contribution in [0.2, 0.25) is 0 Å². The number of ether oxygens (including phenoxy) is 2. The van der Waals surface area contributed by atoms with Crippen LogP contribution < -0.4 is 11.1 Å². The normalized spacial score (nSPS) is 13.2. The Labute approximate surface area is 124 Å². The van der Waals surface area contributed by atoms with Crippen molar-refractivity contribution in [1.82, 2.24) is 4.98 Å². The van der Waals surface area contributed by atoms with Crippen molar-refractivity contribution in [3.8, 4) is 0 Å². The molecule has 0 radical (unpaired) electrons. The molecule has 0 amide bonds. The topological polar surface area (TPSA) is 69.4 Å². The number of aryl methyl sites for hydroxylation is 2. The molecule has 0 aromatic carbocycles. The SMILES string of the molecule is COCCOCCNc1nc2c(cc1C(N)=S)CCC2. The standard InChI is InChI=1S/C14H21N3O2S/c1-18-7-8-19-6-5-16-14-11(13(15)20)9-10-3-2-4-12(10)17-14/h9H,2-8H2,1H3,(H2,15,20)(H,16,17). The van der Waals surface area contributed by atoms with Gasteiger partial charge in [-0.25, -0.2) is 4.98 Å². The van der Waals surface area contributed by atoms with Crippen molar-refractivity contribution >= 4 is 23.0 Å². The summed E-state index contributed by atoms with van der Waals surface area (Å²) in [5.74, 6) is 0.772. The largest absolute Gasteiger partial charge is 0.389 e. The Morgan fingerprint density at radius 2 is 2.25 bits per heavy atom. The number of hydrogen-bond donors (Lipinski definition) is 2. The third kappa shape index (κ3) is 3.88. The Kier molecular flexibility index (Phi) is 5.70. The molecule has 1 aliphatic rings. The summed E-state index contributed by atoms with van der Waals surface area (Å²) in [4.78, 5) is 5.03. The number of anilines is 1. The summed E-state index contributed by atoms with van der Waals surface area (Å²) >= 11 is 5.11. The van der Waals surface area contributed by atoms with Crippen molar-refractivity contribution in [2.45, 2.75) is 19.3 Å². The van der Waals surface area contributed by atoms with E-state index in [0.29, 0.717) is 31.4 Å². The maximum Gasteiger partial charge on any atom is 0.136 e. The number of fused-ring (bicyclic) bond motifs is 1. The minimum atomic E-state index is 0.384. The lowest BCUT2D eigenvalue weighted by Gasteiger charge is -2.13. The number of methoxy groups -OCH3 is 1. The third-order valence-corrected chi connectivity index (χ3v) is 3.51. The monoisotopic (exact) mass is 295 g/mol. The summed E-state index contributed by atoms with van der Waals surface area (Å²) in [6.45, 7) is 2.47. The maximum absolute atomic E-state index is 5.78. The molecule has 1 heterocycles. The van der Waals surface area contributed by atoms with Crippen molar-refractivity contribution in [1.29, 1.82) is 0 Å². The van der Waals surface area contributed by atoms with Gasteiger partial charge < -0.3 is 20.5 Å². The van der Waals surface area contributed by atoms with Gasteiger partial charge in [0.05, 0.1) is 25.4 Å². The second-order valence-corrected chi connectivity index (χ2v) is 5.18. The van der Waals surface area contributed by atoms with Gasteiger partial charge in [-0.2, -0.15) is 0 Å². The lowest BCUT2D eigenvalue weighted by atomic mass is 10.1. The molecule has 5 nitrogen and oxygen atoms in total. The van der Waals surface area contributed by atoms with Gasteiger partial charge in [-0.1, -0.05) is 12.2 Å². The van der Waals surface area contributed by atoms with Gasteiger partial charge in [0, 0.05) is 19.3 Å². The van der Waals surface area contributed by atoms with Crippen LogP contribution >= 0.6 is 12.2 Å². The average molecular weight is 295 g/mol. The number of hydrogen-bond acceptors (Lipinski definition) is 5. The fourth-order valence-electron chi connectivity index (χ4n) is 2.28. The molecule has 0 aliphatic heterocycles. The molecular formula is C14H21N3O2S. The minimum Gasteiger partial charge on any atom is -0.389 e. The lowest BCUT2D eigenvalue weighted by Crippen LogP contribution is -2.18. The van der Waals surface area contributed by atoms with E-state index in [9.17, 15) is 0 Å². The molecule has 20 heavy (non-hydrogen) atoms. The van der Waals surface area contributed by atoms with Crippen LogP contribution in [-0.2, 0) is 22.3 Å². The van der Waals surface area contributed by atoms with E-state index in [4.69, 9.17) is 27.4 Å². The molecule has 3 N–H and O–H groups in total. The number of pyridine rings is 1. The van der Waals surface area contributed by atoms with E-state index in [1.165, 1.54) is 5.56 Å². The Bertz CT molecular complexity index is 480. The highest BCUT2D eigenvalue weighted by molar-refractivity contribution is 7.80. The van der Waals surface area contributed by atoms with Crippen molar-refractivity contribution < 1.29 is 9.47 Å². The molecule has 0 saturated heterocycles. The molecule has 0 fully saturated rings. The molecule has 1 aliphatic carbocycles. The van der Waals surface area contributed by atoms with Gasteiger partial charge in [-0.3, -0.25) is 0 Å². The van der Waals surface area contributed by atoms with E-state index < -0.39 is 0 Å². The van der Waals surface area contributed by atoms with Gasteiger partial charge in [-0.15, -0.1) is 0 Å². The highest BCUT2D eigenvalue weighted by Crippen LogP contribution is 2.25. The van der Waals surface area contributed by atoms with Crippen molar-refractivity contribution in [2.24, 2.45) is 5.73 Å². The van der Waals surface area contributed by atoms with Gasteiger partial charge in [0.25, 0.3) is 0 Å². The van der Waals surface area contributed by atoms with E-state index >= 15 is 0 Å². The van der Waals surface area contributed by atoms with Gasteiger partial charge in [0.2, 0.25) is 0 Å². The zero-order valence-electron chi connectivity index (χ0n) is 11.8. The van der Waals surface area contributed by atoms with E-state index in [2.05, 4.69) is 16.4 Å². The number of nitrogens with zero attached hydrogens (tertiary/aromatic N) is 1. The highest BCUT2D eigenvalue weighted by Gasteiger charge is 2.17. The molecule has 2 rings (SSSR count). The van der Waals surface area contributed by atoms with Crippen LogP contribution in [0.15, 0.2) is 6.07 Å². The Hall–Kier alpha value is -1.24. The molecule has 0 spiro atoms. The predicted molar refractivity (Wildman–Crippen MR) is 83.3 cm³/mol. The van der Waals surface area contributed by atoms with Crippen LogP contribution in [-0.4, -0.2) is 43.4 Å². The average Bonchev–Trinajstić information content (AvgIpc) is 2.88. The smallest absolute Gasteiger partial charge is 0.136 e. The zero-order chi connectivity index (χ0) is 14.4. The van der Waals surface area contributed by atoms with Crippen LogP contribution in [0.1, 0.15) is 23.2 Å². The van der Waals surface area contributed by atoms with Crippen molar-refractivity contribution in [2.75, 3.05) is 38.8 Å². The fourth-order valence-corrected chi connectivity index (χ4v) is 2.44. The summed E-state index contributed by atoms with van der Waals surface area (Å²) < 4.78 is 10.3. The van der Waals surface area contributed by atoms with Crippen LogP contribution in [0.25, 0.3) is 0 Å². The molecule has 1 aromatic rings. The summed E-state index contributed by atoms with van der Waals surface area (Å²) in [5.41, 5.74) is 9.05. The number of thiocarbonyl (C=S) groups is 1. The molecule has 0 atom stereocenters. The number of nitrogens with two attached hydrogens (primary N) is 1. The minimum absolute atomic E-state index is 0.384. The molecule has 0 saturated carbocycles. The summed E-state index contributed by atoms with van der Waals surface area (Å²) in [5, 5.41) is 3.26. The second-order valence-electron chi connectivity index (χ2n) is 4.74. The molecule has 6 heteroatoms. The number of aromatic nitrogens is 1. The van der Waals surface area contributed by atoms with Gasteiger partial charge in [-0.05, 0) is 30.9 Å². The van der Waals surface area contributed by atoms with E-state index in [1.807, 2.05) is 0 Å².